The SMILES string of the molecule is CC1(C)C(/C=C/C2=C(c3c(F)cc(F)cc3F)C(=C/C=C3/N(CCCCS(=O)(=O)[O-])c4ccc(S(=O)(=O)[O-])cc4C3(C)C)/CCC2)=[N+](CCCCS(=O)(=O)[O-])c2cc[c-]cc21.[Na+].[Na+].[Na+]. The van der Waals surface area contributed by atoms with E-state index in [2.05, 4.69) is 6.07 Å². The van der Waals surface area contributed by atoms with Crippen LogP contribution < -0.4 is 93.6 Å². The monoisotopic (exact) mass is 968 g/mol. The van der Waals surface area contributed by atoms with Crippen molar-refractivity contribution in [2.75, 3.05) is 29.5 Å². The maximum Gasteiger partial charge on any atom is 1.00 e. The molecule has 0 bridgehead atoms. The van der Waals surface area contributed by atoms with E-state index in [9.17, 15) is 43.3 Å². The number of nitrogens with zero attached hydrogens (tertiary/aromatic N) is 2. The van der Waals surface area contributed by atoms with Crippen molar-refractivity contribution in [1.82, 2.24) is 0 Å². The maximum atomic E-state index is 15.9. The van der Waals surface area contributed by atoms with E-state index in [-0.39, 0.29) is 120 Å². The summed E-state index contributed by atoms with van der Waals surface area (Å²) in [6.45, 7) is 8.23. The zero-order valence-electron chi connectivity index (χ0n) is 37.1. The summed E-state index contributed by atoms with van der Waals surface area (Å²) >= 11 is 0. The zero-order valence-corrected chi connectivity index (χ0v) is 45.6. The van der Waals surface area contributed by atoms with Crippen molar-refractivity contribution in [3.05, 3.63) is 130 Å². The average molecular weight is 969 g/mol. The molecule has 11 nitrogen and oxygen atoms in total. The Kier molecular flexibility index (Phi) is 19.9. The molecule has 0 amide bonds. The van der Waals surface area contributed by atoms with Crippen LogP contribution in [0.3, 0.4) is 0 Å². The molecule has 2 aliphatic heterocycles. The molecule has 0 N–H and O–H groups in total. The second kappa shape index (κ2) is 22.4. The Balaban J connectivity index is 0.00000363. The van der Waals surface area contributed by atoms with Crippen molar-refractivity contribution >= 4 is 53.0 Å². The molecule has 2 heterocycles. The van der Waals surface area contributed by atoms with Crippen LogP contribution >= 0.6 is 0 Å². The van der Waals surface area contributed by atoms with E-state index in [4.69, 9.17) is 0 Å². The normalized spacial score (nSPS) is 18.2. The number of anilines is 1. The molecule has 0 saturated heterocycles. The summed E-state index contributed by atoms with van der Waals surface area (Å²) in [7, 11) is -13.7. The molecule has 6 rings (SSSR count). The Bertz CT molecular complexity index is 2750. The Morgan fingerprint density at radius 1 is 0.766 bits per heavy atom. The molecule has 328 valence electrons. The van der Waals surface area contributed by atoms with E-state index in [1.54, 1.807) is 24.3 Å². The van der Waals surface area contributed by atoms with E-state index in [1.165, 1.54) is 18.2 Å². The minimum Gasteiger partial charge on any atom is -0.748 e. The molecule has 0 spiro atoms. The summed E-state index contributed by atoms with van der Waals surface area (Å²) < 4.78 is 152. The Morgan fingerprint density at radius 3 is 2.00 bits per heavy atom. The van der Waals surface area contributed by atoms with E-state index >= 15 is 8.78 Å². The fourth-order valence-corrected chi connectivity index (χ4v) is 10.3. The molecule has 3 aromatic rings. The number of hydrogen-bond acceptors (Lipinski definition) is 10. The van der Waals surface area contributed by atoms with Crippen LogP contribution in [0.4, 0.5) is 24.5 Å². The van der Waals surface area contributed by atoms with Crippen LogP contribution in [0.15, 0.2) is 94.6 Å². The first kappa shape index (κ1) is 56.9. The molecule has 0 radical (unpaired) electrons. The van der Waals surface area contributed by atoms with Crippen LogP contribution in [0.2, 0.25) is 0 Å². The molecule has 20 heteroatoms. The second-order valence-corrected chi connectivity index (χ2v) is 21.0. The van der Waals surface area contributed by atoms with Crippen LogP contribution in [0.5, 0.6) is 0 Å². The third-order valence-corrected chi connectivity index (χ3v) is 14.0. The van der Waals surface area contributed by atoms with Crippen LogP contribution in [-0.2, 0) is 41.2 Å². The number of benzene rings is 3. The van der Waals surface area contributed by atoms with E-state index in [0.717, 1.165) is 17.0 Å². The standard InChI is InChI=1S/C44H49F3N2O9S3.3Na/c1-43(2)33-14-5-6-15-37(33)48(22-7-9-24-59(50,51)52)39(43)20-16-29-12-11-13-30(41(29)42-35(46)26-31(45)27-36(42)47)17-21-40-44(3,4)34-28-32(61(56,57)58)18-19-38(34)49(40)23-8-10-25-60(53,54)55;;;/h6,14-21,26-28H,7-13,22-25H2,1-4H3,(H,50,51,52)(H,53,54,55)(H,56,57,58);;;/q;3*+1/p-3. The number of fused-ring (bicyclic) bond motifs is 2. The summed E-state index contributed by atoms with van der Waals surface area (Å²) in [5.74, 6) is -4.40. The van der Waals surface area contributed by atoms with Crippen LogP contribution in [0.25, 0.3) is 5.57 Å². The van der Waals surface area contributed by atoms with Crippen molar-refractivity contribution in [2.24, 2.45) is 0 Å². The van der Waals surface area contributed by atoms with E-state index < -0.39 is 80.6 Å². The fourth-order valence-electron chi connectivity index (χ4n) is 8.67. The number of rotatable bonds is 15. The van der Waals surface area contributed by atoms with E-state index in [1.807, 2.05) is 55.4 Å². The maximum absolute atomic E-state index is 15.9. The van der Waals surface area contributed by atoms with Crippen LogP contribution in [0.1, 0.15) is 89.3 Å². The quantitative estimate of drug-likeness (QED) is 0.0582. The molecule has 0 fully saturated rings. The van der Waals surface area contributed by atoms with Crippen molar-refractivity contribution in [3.63, 3.8) is 0 Å². The topological polar surface area (TPSA) is 178 Å². The van der Waals surface area contributed by atoms with Gasteiger partial charge in [0.25, 0.3) is 0 Å². The predicted molar refractivity (Wildman–Crippen MR) is 223 cm³/mol. The van der Waals surface area contributed by atoms with Gasteiger partial charge in [0.1, 0.15) is 39.8 Å². The van der Waals surface area contributed by atoms with Gasteiger partial charge in [0.2, 0.25) is 0 Å². The summed E-state index contributed by atoms with van der Waals surface area (Å²) in [6, 6.07) is 13.8. The van der Waals surface area contributed by atoms with Crippen LogP contribution in [-0.4, -0.2) is 73.8 Å². The number of unbranched alkanes of at least 4 members (excludes halogenated alkanes) is 2. The molecule has 0 unspecified atom stereocenters. The molecule has 3 aliphatic rings. The van der Waals surface area contributed by atoms with Crippen molar-refractivity contribution in [2.45, 2.75) is 88.4 Å². The predicted octanol–water partition coefficient (Wildman–Crippen LogP) is -1.35. The number of hydrogen-bond donors (Lipinski definition) is 0. The van der Waals surface area contributed by atoms with Gasteiger partial charge >= 0.3 is 88.7 Å². The van der Waals surface area contributed by atoms with E-state index in [0.29, 0.717) is 72.5 Å². The summed E-state index contributed by atoms with van der Waals surface area (Å²) in [5.41, 5.74) is 3.60. The Labute approximate surface area is 441 Å². The minimum absolute atomic E-state index is 0. The average Bonchev–Trinajstić information content (AvgIpc) is 3.50. The van der Waals surface area contributed by atoms with Crippen molar-refractivity contribution in [3.8, 4) is 0 Å². The molecule has 0 aromatic heterocycles. The molecule has 64 heavy (non-hydrogen) atoms. The van der Waals surface area contributed by atoms with Gasteiger partial charge in [0.05, 0.1) is 30.7 Å². The summed E-state index contributed by atoms with van der Waals surface area (Å²) in [5, 5.41) is 0. The minimum atomic E-state index is -4.83. The van der Waals surface area contributed by atoms with Gasteiger partial charge in [-0.25, -0.2) is 43.0 Å². The second-order valence-electron chi connectivity index (χ2n) is 16.5. The largest absolute Gasteiger partial charge is 1.00 e. The third kappa shape index (κ3) is 13.0. The summed E-state index contributed by atoms with van der Waals surface area (Å²) in [6.07, 6.45) is 9.25. The van der Waals surface area contributed by atoms with Gasteiger partial charge in [-0.2, -0.15) is 18.2 Å². The summed E-state index contributed by atoms with van der Waals surface area (Å²) in [4.78, 5) is 1.40. The first-order valence-corrected chi connectivity index (χ1v) is 24.3. The number of allylic oxidation sites excluding steroid dienone is 8. The van der Waals surface area contributed by atoms with Gasteiger partial charge in [0.15, 0.2) is 5.71 Å². The van der Waals surface area contributed by atoms with Crippen molar-refractivity contribution in [1.29, 1.82) is 0 Å². The van der Waals surface area contributed by atoms with Gasteiger partial charge in [-0.15, -0.1) is 6.07 Å². The van der Waals surface area contributed by atoms with Gasteiger partial charge in [0, 0.05) is 64.9 Å². The van der Waals surface area contributed by atoms with Crippen LogP contribution in [0, 0.1) is 23.5 Å². The van der Waals surface area contributed by atoms with Gasteiger partial charge < -0.3 is 18.6 Å². The van der Waals surface area contributed by atoms with Gasteiger partial charge in [-0.1, -0.05) is 45.4 Å². The molecule has 3 aromatic carbocycles. The molecular weight excluding hydrogens is 923 g/mol. The fraction of sp³-hybridized carbons (Fsp3) is 0.386. The first-order chi connectivity index (χ1) is 28.4. The zero-order chi connectivity index (χ0) is 44.7. The number of halogens is 3. The smallest absolute Gasteiger partial charge is 0.748 e. The molecule has 0 atom stereocenters. The van der Waals surface area contributed by atoms with Crippen molar-refractivity contribution < 1.29 is 145 Å². The molecular formula is C44H46F3N2Na3O9S3. The third-order valence-electron chi connectivity index (χ3n) is 11.6. The Morgan fingerprint density at radius 2 is 1.39 bits per heavy atom. The first-order valence-electron chi connectivity index (χ1n) is 19.8. The van der Waals surface area contributed by atoms with Gasteiger partial charge in [-0.05, 0) is 85.1 Å². The molecule has 0 saturated carbocycles. The van der Waals surface area contributed by atoms with Gasteiger partial charge in [-0.3, -0.25) is 0 Å². The Hall–Kier alpha value is -1.39. The molecule has 1 aliphatic carbocycles.